The van der Waals surface area contributed by atoms with Crippen LogP contribution in [0.3, 0.4) is 0 Å². The third-order valence-corrected chi connectivity index (χ3v) is 7.34. The predicted molar refractivity (Wildman–Crippen MR) is 152 cm³/mol. The van der Waals surface area contributed by atoms with Crippen LogP contribution in [0.5, 0.6) is 5.75 Å². The smallest absolute Gasteiger partial charge is 0.247 e. The summed E-state index contributed by atoms with van der Waals surface area (Å²) in [6.45, 7) is 1.72. The number of rotatable bonds is 10. The number of anilines is 1. The summed E-state index contributed by atoms with van der Waals surface area (Å²) in [4.78, 5) is 30.3. The molecule has 0 bridgehead atoms. The van der Waals surface area contributed by atoms with E-state index in [1.807, 2.05) is 7.05 Å². The molecular formula is C28H38N6O8. The van der Waals surface area contributed by atoms with Crippen molar-refractivity contribution in [1.29, 1.82) is 5.41 Å². The maximum atomic E-state index is 13.6. The molecule has 0 radical (unpaired) electrons. The summed E-state index contributed by atoms with van der Waals surface area (Å²) in [6, 6.07) is 11.9. The van der Waals surface area contributed by atoms with E-state index in [2.05, 4.69) is 15.5 Å². The monoisotopic (exact) mass is 586 g/mol. The van der Waals surface area contributed by atoms with Gasteiger partial charge < -0.3 is 56.1 Å². The highest BCUT2D eigenvalue weighted by atomic mass is 16.7. The molecule has 0 aliphatic carbocycles. The number of amides is 2. The molecule has 0 spiro atoms. The average molecular weight is 587 g/mol. The molecule has 0 saturated carbocycles. The molecule has 9 N–H and O–H groups in total. The number of hydrogen-bond donors (Lipinski definition) is 8. The number of nitrogens with one attached hydrogen (secondary N) is 3. The summed E-state index contributed by atoms with van der Waals surface area (Å²) in [5.74, 6) is -0.846. The number of piperazine rings is 1. The van der Waals surface area contributed by atoms with Crippen LogP contribution in [-0.2, 0) is 14.3 Å². The minimum absolute atomic E-state index is 0.0996. The molecule has 6 atom stereocenters. The number of nitrogens with zero attached hydrogens (tertiary/aromatic N) is 2. The summed E-state index contributed by atoms with van der Waals surface area (Å²) in [6.07, 6.45) is -7.55. The van der Waals surface area contributed by atoms with Crippen LogP contribution in [0.15, 0.2) is 48.5 Å². The number of carbonyl (C=O) groups is 2. The zero-order chi connectivity index (χ0) is 30.4. The molecule has 2 fully saturated rings. The van der Waals surface area contributed by atoms with Crippen LogP contribution in [0, 0.1) is 5.41 Å². The van der Waals surface area contributed by atoms with E-state index in [4.69, 9.17) is 20.6 Å². The number of aliphatic hydroxyl groups excluding tert-OH is 4. The Morgan fingerprint density at radius 2 is 1.79 bits per heavy atom. The zero-order valence-electron chi connectivity index (χ0n) is 23.2. The first-order valence-corrected chi connectivity index (χ1v) is 13.6. The highest BCUT2D eigenvalue weighted by Crippen LogP contribution is 2.32. The minimum Gasteiger partial charge on any atom is -0.462 e. The van der Waals surface area contributed by atoms with Gasteiger partial charge >= 0.3 is 0 Å². The number of hydrogen-bond acceptors (Lipinski definition) is 11. The lowest BCUT2D eigenvalue weighted by molar-refractivity contribution is -0.277. The summed E-state index contributed by atoms with van der Waals surface area (Å²) in [5, 5.41) is 54.0. The zero-order valence-corrected chi connectivity index (χ0v) is 23.2. The molecule has 2 aromatic carbocycles. The molecule has 2 saturated heterocycles. The Bertz CT molecular complexity index is 1250. The quantitative estimate of drug-likeness (QED) is 0.115. The van der Waals surface area contributed by atoms with Crippen molar-refractivity contribution >= 4 is 23.3 Å². The number of nitrogen functional groups attached to an aromatic ring is 1. The molecule has 2 heterocycles. The summed E-state index contributed by atoms with van der Waals surface area (Å²) >= 11 is 0. The summed E-state index contributed by atoms with van der Waals surface area (Å²) < 4.78 is 11.4. The average Bonchev–Trinajstić information content (AvgIpc) is 2.99. The molecule has 2 aromatic rings. The van der Waals surface area contributed by atoms with Crippen molar-refractivity contribution in [3.05, 3.63) is 59.7 Å². The van der Waals surface area contributed by atoms with Gasteiger partial charge in [0.25, 0.3) is 0 Å². The Balaban J connectivity index is 1.59. The van der Waals surface area contributed by atoms with Crippen molar-refractivity contribution in [3.63, 3.8) is 0 Å². The Hall–Kier alpha value is -3.79. The fraction of sp³-hybridized carbons (Fsp3) is 0.464. The van der Waals surface area contributed by atoms with Gasteiger partial charge in [0.15, 0.2) is 0 Å². The first-order chi connectivity index (χ1) is 20.1. The van der Waals surface area contributed by atoms with Gasteiger partial charge in [-0.15, -0.1) is 0 Å². The molecule has 0 aromatic heterocycles. The fourth-order valence-electron chi connectivity index (χ4n) is 4.78. The lowest BCUT2D eigenvalue weighted by atomic mass is 9.99. The van der Waals surface area contributed by atoms with E-state index in [-0.39, 0.29) is 24.0 Å². The fourth-order valence-corrected chi connectivity index (χ4v) is 4.78. The molecule has 14 nitrogen and oxygen atoms in total. The Morgan fingerprint density at radius 1 is 1.07 bits per heavy atom. The Labute approximate surface area is 243 Å². The first-order valence-electron chi connectivity index (χ1n) is 13.6. The minimum atomic E-state index is -1.66. The normalized spacial score (nSPS) is 25.4. The maximum Gasteiger partial charge on any atom is 0.247 e. The van der Waals surface area contributed by atoms with Crippen LogP contribution in [0.1, 0.15) is 17.2 Å². The highest BCUT2D eigenvalue weighted by Gasteiger charge is 2.45. The topological polar surface area (TPSA) is 214 Å². The van der Waals surface area contributed by atoms with Gasteiger partial charge in [0.2, 0.25) is 18.1 Å². The highest BCUT2D eigenvalue weighted by molar-refractivity contribution is 5.96. The van der Waals surface area contributed by atoms with E-state index >= 15 is 0 Å². The molecule has 14 heteroatoms. The van der Waals surface area contributed by atoms with E-state index in [1.54, 1.807) is 47.4 Å². The molecule has 228 valence electrons. The van der Waals surface area contributed by atoms with E-state index in [0.29, 0.717) is 29.9 Å². The van der Waals surface area contributed by atoms with Crippen LogP contribution < -0.4 is 21.1 Å². The number of amidine groups is 1. The van der Waals surface area contributed by atoms with Gasteiger partial charge in [0, 0.05) is 43.0 Å². The van der Waals surface area contributed by atoms with Crippen molar-refractivity contribution < 1.29 is 39.5 Å². The second-order valence-corrected chi connectivity index (χ2v) is 10.3. The molecule has 1 unspecified atom stereocenters. The van der Waals surface area contributed by atoms with Crippen molar-refractivity contribution in [2.45, 2.75) is 36.7 Å². The van der Waals surface area contributed by atoms with Crippen LogP contribution in [0.25, 0.3) is 0 Å². The van der Waals surface area contributed by atoms with Gasteiger partial charge in [0.1, 0.15) is 42.0 Å². The molecular weight excluding hydrogens is 548 g/mol. The standard InChI is InChI=1S/C28H38N6O8/c1-33-9-11-34(12-10-33)21(36)14-31-27(40)22(32-17-6-4-5-16(13-17)26(29)30)18-7-2-3-8-19(18)41-28-25(39)24(38)23(37)20(15-35)42-28/h2-8,13,20,22-25,28,32,35,37-39H,9-12,14-15H2,1H3,(H3,29,30)(H,31,40)/t20-,22-,23-,24+,25-,28?/m1/s1. The number of carbonyl (C=O) groups excluding carboxylic acids is 2. The lowest BCUT2D eigenvalue weighted by Crippen LogP contribution is -2.60. The molecule has 2 amide bonds. The van der Waals surface area contributed by atoms with Crippen LogP contribution >= 0.6 is 0 Å². The molecule has 42 heavy (non-hydrogen) atoms. The number of likely N-dealkylation sites (N-methyl/N-ethyl adjacent to an activating group) is 1. The van der Waals surface area contributed by atoms with Gasteiger partial charge in [-0.2, -0.15) is 0 Å². The molecule has 2 aliphatic rings. The van der Waals surface area contributed by atoms with Crippen LogP contribution in [0.2, 0.25) is 0 Å². The first kappa shape index (κ1) is 31.2. The maximum absolute atomic E-state index is 13.6. The Kier molecular flexibility index (Phi) is 10.3. The van der Waals surface area contributed by atoms with Gasteiger partial charge in [-0.05, 0) is 25.2 Å². The van der Waals surface area contributed by atoms with Gasteiger partial charge in [-0.25, -0.2) is 0 Å². The molecule has 4 rings (SSSR count). The van der Waals surface area contributed by atoms with Crippen molar-refractivity contribution in [1.82, 2.24) is 15.1 Å². The number of nitrogens with two attached hydrogens (primary N) is 1. The summed E-state index contributed by atoms with van der Waals surface area (Å²) in [5.41, 5.74) is 6.83. The molecule has 2 aliphatic heterocycles. The number of para-hydroxylation sites is 1. The van der Waals surface area contributed by atoms with Crippen LogP contribution in [0.4, 0.5) is 5.69 Å². The Morgan fingerprint density at radius 3 is 2.48 bits per heavy atom. The largest absolute Gasteiger partial charge is 0.462 e. The predicted octanol–water partition coefficient (Wildman–Crippen LogP) is -1.81. The van der Waals surface area contributed by atoms with Crippen LogP contribution in [-0.4, -0.2) is 125 Å². The van der Waals surface area contributed by atoms with Gasteiger partial charge in [-0.1, -0.05) is 30.3 Å². The van der Waals surface area contributed by atoms with E-state index in [9.17, 15) is 30.0 Å². The SMILES string of the molecule is CN1CCN(C(=O)CNC(=O)[C@H](Nc2cccc(C(=N)N)c2)c2ccccc2OC2O[C@H](CO)[C@@H](O)[C@H](O)[C@H]2O)CC1. The number of aliphatic hydroxyl groups is 4. The third-order valence-electron chi connectivity index (χ3n) is 7.34. The van der Waals surface area contributed by atoms with Crippen molar-refractivity contribution in [2.75, 3.05) is 51.7 Å². The van der Waals surface area contributed by atoms with E-state index in [0.717, 1.165) is 13.1 Å². The second-order valence-electron chi connectivity index (χ2n) is 10.3. The van der Waals surface area contributed by atoms with Crippen molar-refractivity contribution in [3.8, 4) is 5.75 Å². The van der Waals surface area contributed by atoms with E-state index in [1.165, 1.54) is 6.07 Å². The van der Waals surface area contributed by atoms with Gasteiger partial charge in [0.05, 0.1) is 13.2 Å². The second kappa shape index (κ2) is 13.9. The summed E-state index contributed by atoms with van der Waals surface area (Å²) in [7, 11) is 1.98. The van der Waals surface area contributed by atoms with Crippen molar-refractivity contribution in [2.24, 2.45) is 5.73 Å². The van der Waals surface area contributed by atoms with Gasteiger partial charge in [-0.3, -0.25) is 15.0 Å². The lowest BCUT2D eigenvalue weighted by Gasteiger charge is -2.40. The number of benzene rings is 2. The number of ether oxygens (including phenoxy) is 2. The third kappa shape index (κ3) is 7.34. The van der Waals surface area contributed by atoms with E-state index < -0.39 is 49.3 Å².